The zero-order valence-electron chi connectivity index (χ0n) is 19.3. The molecule has 2 aromatic carbocycles. The third kappa shape index (κ3) is 5.18. The van der Waals surface area contributed by atoms with E-state index in [1.54, 1.807) is 6.07 Å². The number of para-hydroxylation sites is 1. The summed E-state index contributed by atoms with van der Waals surface area (Å²) in [6.45, 7) is 3.22. The topological polar surface area (TPSA) is 92.3 Å². The molecule has 5 rings (SSSR count). The van der Waals surface area contributed by atoms with Crippen LogP contribution < -0.4 is 16.0 Å². The van der Waals surface area contributed by atoms with Crippen LogP contribution in [0.1, 0.15) is 39.1 Å². The van der Waals surface area contributed by atoms with Gasteiger partial charge in [-0.2, -0.15) is 0 Å². The lowest BCUT2D eigenvalue weighted by Crippen LogP contribution is -2.40. The summed E-state index contributed by atoms with van der Waals surface area (Å²) in [4.78, 5) is 30.7. The van der Waals surface area contributed by atoms with Crippen molar-refractivity contribution in [3.8, 4) is 0 Å². The van der Waals surface area contributed by atoms with Crippen LogP contribution in [0.4, 0.5) is 17.2 Å². The van der Waals surface area contributed by atoms with E-state index >= 15 is 0 Å². The molecule has 8 heteroatoms. The number of hydrogen-bond donors (Lipinski definition) is 3. The molecule has 0 spiro atoms. The maximum Gasteiger partial charge on any atom is 0.257 e. The first-order chi connectivity index (χ1) is 17.1. The van der Waals surface area contributed by atoms with Crippen molar-refractivity contribution in [2.75, 3.05) is 23.8 Å². The van der Waals surface area contributed by atoms with Gasteiger partial charge in [-0.05, 0) is 43.5 Å². The van der Waals surface area contributed by atoms with Crippen LogP contribution in [0.5, 0.6) is 0 Å². The van der Waals surface area contributed by atoms with E-state index in [2.05, 4.69) is 20.9 Å². The number of nitrogens with one attached hydrogen (secondary N) is 3. The molecule has 1 unspecified atom stereocenters. The molecule has 1 fully saturated rings. The van der Waals surface area contributed by atoms with Crippen molar-refractivity contribution in [2.45, 2.75) is 25.8 Å². The Kier molecular flexibility index (Phi) is 6.74. The smallest absolute Gasteiger partial charge is 0.257 e. The number of thiophene rings is 1. The molecule has 0 aliphatic carbocycles. The van der Waals surface area contributed by atoms with Crippen LogP contribution in [0.2, 0.25) is 0 Å². The highest BCUT2D eigenvalue weighted by Gasteiger charge is 2.20. The molecule has 1 atom stereocenters. The molecule has 0 radical (unpaired) electrons. The summed E-state index contributed by atoms with van der Waals surface area (Å²) in [5.74, 6) is -0.0352. The van der Waals surface area contributed by atoms with Crippen LogP contribution in [0.25, 0.3) is 10.1 Å². The Morgan fingerprint density at radius 3 is 2.71 bits per heavy atom. The van der Waals surface area contributed by atoms with Crippen LogP contribution in [0.15, 0.2) is 66.2 Å². The van der Waals surface area contributed by atoms with Gasteiger partial charge in [0, 0.05) is 34.0 Å². The second-order valence-electron chi connectivity index (χ2n) is 8.55. The summed E-state index contributed by atoms with van der Waals surface area (Å²) < 4.78 is 6.51. The second-order valence-corrected chi connectivity index (χ2v) is 9.46. The van der Waals surface area contributed by atoms with Gasteiger partial charge < -0.3 is 20.7 Å². The van der Waals surface area contributed by atoms with Crippen molar-refractivity contribution < 1.29 is 14.3 Å². The van der Waals surface area contributed by atoms with E-state index in [9.17, 15) is 9.59 Å². The Morgan fingerprint density at radius 2 is 1.89 bits per heavy atom. The van der Waals surface area contributed by atoms with Gasteiger partial charge in [0.2, 0.25) is 0 Å². The number of aryl methyl sites for hydroxylation is 1. The lowest BCUT2D eigenvalue weighted by molar-refractivity contribution is 0.0624. The number of amides is 2. The van der Waals surface area contributed by atoms with Crippen molar-refractivity contribution in [2.24, 2.45) is 0 Å². The number of carbonyl (C=O) groups excluding carboxylic acids is 2. The molecule has 3 heterocycles. The van der Waals surface area contributed by atoms with Crippen LogP contribution >= 0.6 is 11.3 Å². The molecule has 3 N–H and O–H groups in total. The van der Waals surface area contributed by atoms with E-state index in [1.807, 2.05) is 60.8 Å². The summed E-state index contributed by atoms with van der Waals surface area (Å²) in [6, 6.07) is 17.2. The van der Waals surface area contributed by atoms with Crippen LogP contribution in [0.3, 0.4) is 0 Å². The number of pyridine rings is 1. The largest absolute Gasteiger partial charge is 0.379 e. The molecule has 0 bridgehead atoms. The minimum Gasteiger partial charge on any atom is -0.379 e. The Bertz CT molecular complexity index is 1380. The lowest BCUT2D eigenvalue weighted by atomic mass is 10.1. The molecule has 35 heavy (non-hydrogen) atoms. The monoisotopic (exact) mass is 486 g/mol. The Balaban J connectivity index is 1.45. The molecule has 4 aromatic rings. The fourth-order valence-corrected chi connectivity index (χ4v) is 5.03. The molecular formula is C27H26N4O3S. The van der Waals surface area contributed by atoms with Gasteiger partial charge in [-0.25, -0.2) is 4.98 Å². The quantitative estimate of drug-likeness (QED) is 0.334. The standard InChI is InChI=1S/C27H26N4O3S/c1-17-7-2-4-10-22(17)30-25-23(31-27(33)21-16-35-24-11-5-3-9-20(21)24)13-18(14-28-25)26(32)29-19-8-6-12-34-15-19/h2-5,7,9-11,13-14,16,19H,6,8,12,15H2,1H3,(H,28,30)(H,29,32)(H,31,33). The molecule has 2 aromatic heterocycles. The predicted molar refractivity (Wildman–Crippen MR) is 140 cm³/mol. The Hall–Kier alpha value is -3.75. The summed E-state index contributed by atoms with van der Waals surface area (Å²) in [6.07, 6.45) is 3.31. The number of hydrogen-bond acceptors (Lipinski definition) is 6. The first kappa shape index (κ1) is 23.0. The summed E-state index contributed by atoms with van der Waals surface area (Å²) in [5.41, 5.74) is 3.29. The van der Waals surface area contributed by atoms with Gasteiger partial charge >= 0.3 is 0 Å². The highest BCUT2D eigenvalue weighted by molar-refractivity contribution is 7.17. The lowest BCUT2D eigenvalue weighted by Gasteiger charge is -2.23. The summed E-state index contributed by atoms with van der Waals surface area (Å²) in [7, 11) is 0. The van der Waals surface area contributed by atoms with Crippen LogP contribution in [0, 0.1) is 6.92 Å². The third-order valence-electron chi connectivity index (χ3n) is 6.02. The predicted octanol–water partition coefficient (Wildman–Crippen LogP) is 5.51. The molecule has 1 aliphatic heterocycles. The SMILES string of the molecule is Cc1ccccc1Nc1ncc(C(=O)NC2CCCOC2)cc1NC(=O)c1csc2ccccc12. The number of carbonyl (C=O) groups is 2. The van der Waals surface area contributed by atoms with Crippen molar-refractivity contribution in [1.29, 1.82) is 0 Å². The van der Waals surface area contributed by atoms with Gasteiger partial charge in [-0.1, -0.05) is 36.4 Å². The third-order valence-corrected chi connectivity index (χ3v) is 6.98. The average molecular weight is 487 g/mol. The number of anilines is 3. The number of fused-ring (bicyclic) bond motifs is 1. The Morgan fingerprint density at radius 1 is 1.06 bits per heavy atom. The first-order valence-corrected chi connectivity index (χ1v) is 12.5. The van der Waals surface area contributed by atoms with Gasteiger partial charge in [0.25, 0.3) is 11.8 Å². The van der Waals surface area contributed by atoms with Gasteiger partial charge in [0.1, 0.15) is 0 Å². The fraction of sp³-hybridized carbons (Fsp3) is 0.222. The van der Waals surface area contributed by atoms with E-state index in [-0.39, 0.29) is 17.9 Å². The normalized spacial score (nSPS) is 15.5. The van der Waals surface area contributed by atoms with Gasteiger partial charge in [0.15, 0.2) is 5.82 Å². The minimum atomic E-state index is -0.254. The maximum atomic E-state index is 13.3. The molecule has 178 valence electrons. The molecular weight excluding hydrogens is 460 g/mol. The van der Waals surface area contributed by atoms with Crippen LogP contribution in [-0.2, 0) is 4.74 Å². The molecule has 7 nitrogen and oxygen atoms in total. The molecule has 1 saturated heterocycles. The van der Waals surface area contributed by atoms with Gasteiger partial charge in [0.05, 0.1) is 29.5 Å². The number of ether oxygens (including phenoxy) is 1. The van der Waals surface area contributed by atoms with Crippen molar-refractivity contribution >= 4 is 50.4 Å². The maximum absolute atomic E-state index is 13.3. The molecule has 1 aliphatic rings. The summed E-state index contributed by atoms with van der Waals surface area (Å²) >= 11 is 1.52. The zero-order chi connectivity index (χ0) is 24.2. The first-order valence-electron chi connectivity index (χ1n) is 11.6. The molecule has 2 amide bonds. The van der Waals surface area contributed by atoms with E-state index in [0.717, 1.165) is 40.8 Å². The van der Waals surface area contributed by atoms with Crippen LogP contribution in [-0.4, -0.2) is 36.1 Å². The van der Waals surface area contributed by atoms with E-state index < -0.39 is 0 Å². The van der Waals surface area contributed by atoms with E-state index in [1.165, 1.54) is 17.5 Å². The van der Waals surface area contributed by atoms with Gasteiger partial charge in [-0.3, -0.25) is 9.59 Å². The van der Waals surface area contributed by atoms with E-state index in [4.69, 9.17) is 4.74 Å². The summed E-state index contributed by atoms with van der Waals surface area (Å²) in [5, 5.41) is 12.0. The van der Waals surface area contributed by atoms with Gasteiger partial charge in [-0.15, -0.1) is 11.3 Å². The minimum absolute atomic E-state index is 0.0313. The van der Waals surface area contributed by atoms with Crippen molar-refractivity contribution in [3.63, 3.8) is 0 Å². The van der Waals surface area contributed by atoms with E-state index in [0.29, 0.717) is 29.2 Å². The highest BCUT2D eigenvalue weighted by atomic mass is 32.1. The highest BCUT2D eigenvalue weighted by Crippen LogP contribution is 2.30. The number of aromatic nitrogens is 1. The number of rotatable bonds is 6. The zero-order valence-corrected chi connectivity index (χ0v) is 20.2. The average Bonchev–Trinajstić information content (AvgIpc) is 3.31. The second kappa shape index (κ2) is 10.2. The Labute approximate surface area is 207 Å². The number of benzene rings is 2. The fourth-order valence-electron chi connectivity index (χ4n) is 4.09. The van der Waals surface area contributed by atoms with Crippen molar-refractivity contribution in [3.05, 3.63) is 82.9 Å². The van der Waals surface area contributed by atoms with Crippen molar-refractivity contribution in [1.82, 2.24) is 10.3 Å². The number of nitrogens with zero attached hydrogens (tertiary/aromatic N) is 1. The molecule has 0 saturated carbocycles.